The number of carbonyl (C=O) groups is 2. The molecule has 2 aliphatic rings. The summed E-state index contributed by atoms with van der Waals surface area (Å²) in [6.45, 7) is 2.07. The van der Waals surface area contributed by atoms with Gasteiger partial charge in [0.25, 0.3) is 0 Å². The van der Waals surface area contributed by atoms with E-state index < -0.39 is 0 Å². The number of carbonyl (C=O) groups excluding carboxylic acids is 2. The summed E-state index contributed by atoms with van der Waals surface area (Å²) in [5.41, 5.74) is 2.12. The molecule has 2 amide bonds. The van der Waals surface area contributed by atoms with Crippen LogP contribution in [-0.2, 0) is 23.1 Å². The van der Waals surface area contributed by atoms with E-state index in [1.807, 2.05) is 13.2 Å². The minimum Gasteiger partial charge on any atom is -0.296 e. The van der Waals surface area contributed by atoms with Gasteiger partial charge in [-0.25, -0.2) is 0 Å². The van der Waals surface area contributed by atoms with Gasteiger partial charge >= 0.3 is 0 Å². The fraction of sp³-hybridized carbons (Fsp3) is 0.688. The summed E-state index contributed by atoms with van der Waals surface area (Å²) in [5.74, 6) is 0.116. The summed E-state index contributed by atoms with van der Waals surface area (Å²) in [4.78, 5) is 24.3. The van der Waals surface area contributed by atoms with E-state index in [-0.39, 0.29) is 23.7 Å². The molecule has 5 heteroatoms. The van der Waals surface area contributed by atoms with Crippen molar-refractivity contribution in [3.8, 4) is 0 Å². The summed E-state index contributed by atoms with van der Waals surface area (Å²) < 4.78 is 1.80. The van der Waals surface area contributed by atoms with Crippen LogP contribution in [0.25, 0.3) is 0 Å². The maximum Gasteiger partial charge on any atom is 0.230 e. The highest BCUT2D eigenvalue weighted by Crippen LogP contribution is 2.43. The molecule has 1 saturated heterocycles. The van der Waals surface area contributed by atoms with Gasteiger partial charge in [-0.2, -0.15) is 5.10 Å². The molecular formula is C16H23N3O2. The van der Waals surface area contributed by atoms with Crippen LogP contribution < -0.4 is 5.32 Å². The quantitative estimate of drug-likeness (QED) is 0.865. The summed E-state index contributed by atoms with van der Waals surface area (Å²) >= 11 is 0. The van der Waals surface area contributed by atoms with E-state index in [0.717, 1.165) is 30.5 Å². The molecule has 5 nitrogen and oxygen atoms in total. The lowest BCUT2D eigenvalue weighted by molar-refractivity contribution is -0.138. The smallest absolute Gasteiger partial charge is 0.230 e. The number of aryl methyl sites for hydroxylation is 2. The topological polar surface area (TPSA) is 64.0 Å². The van der Waals surface area contributed by atoms with E-state index in [4.69, 9.17) is 0 Å². The second-order valence-electron chi connectivity index (χ2n) is 6.35. The lowest BCUT2D eigenvalue weighted by atomic mass is 9.73. The van der Waals surface area contributed by atoms with Gasteiger partial charge in [0.2, 0.25) is 11.8 Å². The largest absolute Gasteiger partial charge is 0.296 e. The molecule has 114 valence electrons. The highest BCUT2D eigenvalue weighted by atomic mass is 16.2. The Bertz CT molecular complexity index is 558. The zero-order valence-electron chi connectivity index (χ0n) is 12.8. The third kappa shape index (κ3) is 2.61. The second-order valence-corrected chi connectivity index (χ2v) is 6.35. The first-order valence-electron chi connectivity index (χ1n) is 7.96. The average molecular weight is 289 g/mol. The molecule has 1 aliphatic carbocycles. The highest BCUT2D eigenvalue weighted by Gasteiger charge is 2.43. The van der Waals surface area contributed by atoms with Crippen LogP contribution >= 0.6 is 0 Å². The van der Waals surface area contributed by atoms with Gasteiger partial charge < -0.3 is 0 Å². The number of hydrogen-bond donors (Lipinski definition) is 1. The Morgan fingerprint density at radius 1 is 1.33 bits per heavy atom. The standard InChI is InChI=1S/C16H23N3O2/c1-3-13-12(9-19(2)18-13)11-8-14(20)17-16(21)15(11)10-6-4-5-7-10/h9-11,15H,3-8H2,1-2H3,(H,17,20,21). The van der Waals surface area contributed by atoms with E-state index in [0.29, 0.717) is 12.3 Å². The van der Waals surface area contributed by atoms with Crippen LogP contribution in [0, 0.1) is 11.8 Å². The van der Waals surface area contributed by atoms with Crippen molar-refractivity contribution in [2.75, 3.05) is 0 Å². The Morgan fingerprint density at radius 3 is 2.71 bits per heavy atom. The van der Waals surface area contributed by atoms with Gasteiger partial charge in [0.05, 0.1) is 5.69 Å². The Labute approximate surface area is 125 Å². The molecule has 1 aromatic rings. The van der Waals surface area contributed by atoms with Crippen molar-refractivity contribution in [1.29, 1.82) is 0 Å². The minimum atomic E-state index is -0.148. The van der Waals surface area contributed by atoms with E-state index in [9.17, 15) is 9.59 Å². The van der Waals surface area contributed by atoms with Crippen molar-refractivity contribution < 1.29 is 9.59 Å². The molecule has 0 spiro atoms. The number of imide groups is 1. The van der Waals surface area contributed by atoms with E-state index >= 15 is 0 Å². The van der Waals surface area contributed by atoms with Crippen LogP contribution in [-0.4, -0.2) is 21.6 Å². The molecule has 1 aliphatic heterocycles. The van der Waals surface area contributed by atoms with Gasteiger partial charge in [0.1, 0.15) is 0 Å². The van der Waals surface area contributed by atoms with Gasteiger partial charge in [0, 0.05) is 31.5 Å². The third-order valence-electron chi connectivity index (χ3n) is 4.98. The number of hydrogen-bond acceptors (Lipinski definition) is 3. The van der Waals surface area contributed by atoms with Crippen LogP contribution in [0.1, 0.15) is 56.2 Å². The van der Waals surface area contributed by atoms with Gasteiger partial charge in [0.15, 0.2) is 0 Å². The first-order valence-corrected chi connectivity index (χ1v) is 7.96. The SMILES string of the molecule is CCc1nn(C)cc1C1CC(=O)NC(=O)C1C1CCCC1. The Hall–Kier alpha value is -1.65. The van der Waals surface area contributed by atoms with Crippen LogP contribution in [0.4, 0.5) is 0 Å². The Kier molecular flexibility index (Phi) is 3.83. The highest BCUT2D eigenvalue weighted by molar-refractivity contribution is 6.00. The molecule has 1 aromatic heterocycles. The summed E-state index contributed by atoms with van der Waals surface area (Å²) in [6, 6.07) is 0. The Morgan fingerprint density at radius 2 is 2.05 bits per heavy atom. The van der Waals surface area contributed by atoms with E-state index in [1.165, 1.54) is 12.8 Å². The van der Waals surface area contributed by atoms with Crippen LogP contribution in [0.2, 0.25) is 0 Å². The molecule has 0 bridgehead atoms. The van der Waals surface area contributed by atoms with Crippen molar-refractivity contribution in [3.05, 3.63) is 17.5 Å². The summed E-state index contributed by atoms with van der Waals surface area (Å²) in [5, 5.41) is 7.03. The first kappa shape index (κ1) is 14.3. The van der Waals surface area contributed by atoms with Crippen molar-refractivity contribution in [2.24, 2.45) is 18.9 Å². The molecule has 0 aromatic carbocycles. The predicted molar refractivity (Wildman–Crippen MR) is 78.5 cm³/mol. The van der Waals surface area contributed by atoms with Crippen LogP contribution in [0.5, 0.6) is 0 Å². The molecule has 1 saturated carbocycles. The number of amides is 2. The zero-order chi connectivity index (χ0) is 15.0. The summed E-state index contributed by atoms with van der Waals surface area (Å²) in [6.07, 6.45) is 7.84. The normalized spacial score (nSPS) is 27.1. The number of nitrogens with one attached hydrogen (secondary N) is 1. The van der Waals surface area contributed by atoms with Crippen LogP contribution in [0.15, 0.2) is 6.20 Å². The first-order chi connectivity index (χ1) is 10.1. The fourth-order valence-electron chi connectivity index (χ4n) is 4.08. The predicted octanol–water partition coefficient (Wildman–Crippen LogP) is 1.92. The lowest BCUT2D eigenvalue weighted by Gasteiger charge is -2.34. The van der Waals surface area contributed by atoms with Crippen molar-refractivity contribution in [3.63, 3.8) is 0 Å². The van der Waals surface area contributed by atoms with Crippen molar-refractivity contribution >= 4 is 11.8 Å². The number of rotatable bonds is 3. The molecule has 2 atom stereocenters. The van der Waals surface area contributed by atoms with Crippen molar-refractivity contribution in [1.82, 2.24) is 15.1 Å². The zero-order valence-corrected chi connectivity index (χ0v) is 12.8. The van der Waals surface area contributed by atoms with Gasteiger partial charge in [-0.1, -0.05) is 19.8 Å². The van der Waals surface area contributed by atoms with E-state index in [2.05, 4.69) is 17.3 Å². The number of piperidine rings is 1. The maximum absolute atomic E-state index is 12.4. The Balaban J connectivity index is 1.97. The maximum atomic E-state index is 12.4. The molecule has 1 N–H and O–H groups in total. The molecular weight excluding hydrogens is 266 g/mol. The fourth-order valence-corrected chi connectivity index (χ4v) is 4.08. The third-order valence-corrected chi connectivity index (χ3v) is 4.98. The average Bonchev–Trinajstić information content (AvgIpc) is 3.06. The van der Waals surface area contributed by atoms with Gasteiger partial charge in [-0.3, -0.25) is 19.6 Å². The molecule has 3 rings (SSSR count). The molecule has 2 unspecified atom stereocenters. The molecule has 21 heavy (non-hydrogen) atoms. The summed E-state index contributed by atoms with van der Waals surface area (Å²) in [7, 11) is 1.90. The van der Waals surface area contributed by atoms with Gasteiger partial charge in [-0.15, -0.1) is 0 Å². The van der Waals surface area contributed by atoms with Gasteiger partial charge in [-0.05, 0) is 30.7 Å². The van der Waals surface area contributed by atoms with Crippen molar-refractivity contribution in [2.45, 2.75) is 51.4 Å². The lowest BCUT2D eigenvalue weighted by Crippen LogP contribution is -2.47. The minimum absolute atomic E-state index is 0.00185. The number of nitrogens with zero attached hydrogens (tertiary/aromatic N) is 2. The number of aromatic nitrogens is 2. The monoisotopic (exact) mass is 289 g/mol. The molecule has 2 heterocycles. The molecule has 0 radical (unpaired) electrons. The second kappa shape index (κ2) is 5.62. The van der Waals surface area contributed by atoms with Crippen LogP contribution in [0.3, 0.4) is 0 Å². The molecule has 2 fully saturated rings. The van der Waals surface area contributed by atoms with E-state index in [1.54, 1.807) is 4.68 Å².